The average molecular weight is 259 g/mol. The zero-order chi connectivity index (χ0) is 13.5. The standard InChI is InChI=1S/C15H14FNO2/c16-13-6-4-12(5-7-13)15(18)11-19-10-8-14-3-1-2-9-17-14/h1-7,9H,8,10-11H2. The number of hydrogen-bond donors (Lipinski definition) is 0. The van der Waals surface area contributed by atoms with Crippen molar-refractivity contribution in [3.63, 3.8) is 0 Å². The molecule has 1 aromatic heterocycles. The van der Waals surface area contributed by atoms with Crippen LogP contribution in [0, 0.1) is 5.82 Å². The molecule has 0 aliphatic heterocycles. The van der Waals surface area contributed by atoms with Crippen molar-refractivity contribution in [3.8, 4) is 0 Å². The quantitative estimate of drug-likeness (QED) is 0.591. The Morgan fingerprint density at radius 1 is 1.16 bits per heavy atom. The number of carbonyl (C=O) groups excluding carboxylic acids is 1. The third kappa shape index (κ3) is 4.26. The molecule has 3 nitrogen and oxygen atoms in total. The van der Waals surface area contributed by atoms with Crippen LogP contribution in [0.5, 0.6) is 0 Å². The first-order chi connectivity index (χ1) is 9.25. The maximum atomic E-state index is 12.7. The Morgan fingerprint density at radius 3 is 2.63 bits per heavy atom. The van der Waals surface area contributed by atoms with Crippen LogP contribution >= 0.6 is 0 Å². The van der Waals surface area contributed by atoms with E-state index in [0.717, 1.165) is 5.69 Å². The Labute approximate surface area is 111 Å². The number of benzene rings is 1. The van der Waals surface area contributed by atoms with Crippen molar-refractivity contribution in [2.75, 3.05) is 13.2 Å². The average Bonchev–Trinajstić information content (AvgIpc) is 2.45. The molecule has 0 aliphatic rings. The fourth-order valence-electron chi connectivity index (χ4n) is 1.61. The van der Waals surface area contributed by atoms with Crippen molar-refractivity contribution in [2.45, 2.75) is 6.42 Å². The molecule has 0 spiro atoms. The van der Waals surface area contributed by atoms with Gasteiger partial charge >= 0.3 is 0 Å². The maximum absolute atomic E-state index is 12.7. The summed E-state index contributed by atoms with van der Waals surface area (Å²) in [4.78, 5) is 15.9. The number of halogens is 1. The summed E-state index contributed by atoms with van der Waals surface area (Å²) in [5, 5.41) is 0. The molecular formula is C15H14FNO2. The topological polar surface area (TPSA) is 39.2 Å². The lowest BCUT2D eigenvalue weighted by Gasteiger charge is -2.03. The van der Waals surface area contributed by atoms with Gasteiger partial charge in [0.1, 0.15) is 12.4 Å². The first-order valence-electron chi connectivity index (χ1n) is 6.02. The van der Waals surface area contributed by atoms with Gasteiger partial charge in [0.05, 0.1) is 6.61 Å². The summed E-state index contributed by atoms with van der Waals surface area (Å²) in [6.45, 7) is 0.433. The van der Waals surface area contributed by atoms with Gasteiger partial charge in [-0.2, -0.15) is 0 Å². The molecule has 0 N–H and O–H groups in total. The lowest BCUT2D eigenvalue weighted by Crippen LogP contribution is -2.11. The van der Waals surface area contributed by atoms with E-state index in [0.29, 0.717) is 18.6 Å². The molecule has 0 radical (unpaired) electrons. The molecule has 2 aromatic rings. The lowest BCUT2D eigenvalue weighted by molar-refractivity contribution is 0.0764. The van der Waals surface area contributed by atoms with Crippen LogP contribution in [0.3, 0.4) is 0 Å². The number of carbonyl (C=O) groups is 1. The largest absolute Gasteiger partial charge is 0.373 e. The van der Waals surface area contributed by atoms with Crippen molar-refractivity contribution in [1.29, 1.82) is 0 Å². The Balaban J connectivity index is 1.74. The van der Waals surface area contributed by atoms with Crippen LogP contribution in [-0.4, -0.2) is 24.0 Å². The second-order valence-corrected chi connectivity index (χ2v) is 4.05. The van der Waals surface area contributed by atoms with Gasteiger partial charge in [0.15, 0.2) is 5.78 Å². The summed E-state index contributed by atoms with van der Waals surface area (Å²) >= 11 is 0. The number of pyridine rings is 1. The minimum Gasteiger partial charge on any atom is -0.373 e. The lowest BCUT2D eigenvalue weighted by atomic mass is 10.1. The maximum Gasteiger partial charge on any atom is 0.188 e. The van der Waals surface area contributed by atoms with Crippen LogP contribution < -0.4 is 0 Å². The number of ketones is 1. The first kappa shape index (κ1) is 13.4. The molecular weight excluding hydrogens is 245 g/mol. The highest BCUT2D eigenvalue weighted by Crippen LogP contribution is 2.04. The molecule has 98 valence electrons. The summed E-state index contributed by atoms with van der Waals surface area (Å²) in [5.41, 5.74) is 1.39. The summed E-state index contributed by atoms with van der Waals surface area (Å²) < 4.78 is 18.0. The van der Waals surface area contributed by atoms with E-state index < -0.39 is 0 Å². The van der Waals surface area contributed by atoms with Gasteiger partial charge in [0.2, 0.25) is 0 Å². The van der Waals surface area contributed by atoms with E-state index >= 15 is 0 Å². The second kappa shape index (κ2) is 6.75. The van der Waals surface area contributed by atoms with Crippen molar-refractivity contribution in [1.82, 2.24) is 4.98 Å². The van der Waals surface area contributed by atoms with E-state index in [2.05, 4.69) is 4.98 Å². The highest BCUT2D eigenvalue weighted by atomic mass is 19.1. The Morgan fingerprint density at radius 2 is 1.95 bits per heavy atom. The van der Waals surface area contributed by atoms with Crippen LogP contribution in [0.25, 0.3) is 0 Å². The number of ether oxygens (including phenoxy) is 1. The molecule has 0 unspecified atom stereocenters. The molecule has 0 fully saturated rings. The van der Waals surface area contributed by atoms with E-state index in [1.807, 2.05) is 18.2 Å². The van der Waals surface area contributed by atoms with Crippen LogP contribution in [0.1, 0.15) is 16.1 Å². The molecule has 1 heterocycles. The minimum atomic E-state index is -0.354. The third-order valence-corrected chi connectivity index (χ3v) is 2.63. The van der Waals surface area contributed by atoms with Gasteiger partial charge in [-0.15, -0.1) is 0 Å². The summed E-state index contributed by atoms with van der Waals surface area (Å²) in [7, 11) is 0. The molecule has 0 saturated carbocycles. The van der Waals surface area contributed by atoms with E-state index in [1.165, 1.54) is 24.3 Å². The predicted octanol–water partition coefficient (Wildman–Crippen LogP) is 2.66. The number of hydrogen-bond acceptors (Lipinski definition) is 3. The zero-order valence-corrected chi connectivity index (χ0v) is 10.4. The fraction of sp³-hybridized carbons (Fsp3) is 0.200. The van der Waals surface area contributed by atoms with E-state index in [-0.39, 0.29) is 18.2 Å². The smallest absolute Gasteiger partial charge is 0.188 e. The first-order valence-corrected chi connectivity index (χ1v) is 6.02. The van der Waals surface area contributed by atoms with Gasteiger partial charge in [0, 0.05) is 23.9 Å². The van der Waals surface area contributed by atoms with Gasteiger partial charge in [0.25, 0.3) is 0 Å². The van der Waals surface area contributed by atoms with Crippen LogP contribution in [0.2, 0.25) is 0 Å². The Bertz CT molecular complexity index is 526. The minimum absolute atomic E-state index is 0.00152. The second-order valence-electron chi connectivity index (χ2n) is 4.05. The molecule has 1 aromatic carbocycles. The number of nitrogens with zero attached hydrogens (tertiary/aromatic N) is 1. The third-order valence-electron chi connectivity index (χ3n) is 2.63. The predicted molar refractivity (Wildman–Crippen MR) is 69.5 cm³/mol. The van der Waals surface area contributed by atoms with Gasteiger partial charge in [-0.1, -0.05) is 6.07 Å². The van der Waals surface area contributed by atoms with Crippen LogP contribution in [-0.2, 0) is 11.2 Å². The molecule has 0 saturated heterocycles. The fourth-order valence-corrected chi connectivity index (χ4v) is 1.61. The van der Waals surface area contributed by atoms with E-state index in [9.17, 15) is 9.18 Å². The Kier molecular flexibility index (Phi) is 4.75. The highest BCUT2D eigenvalue weighted by molar-refractivity contribution is 5.97. The van der Waals surface area contributed by atoms with Crippen molar-refractivity contribution >= 4 is 5.78 Å². The van der Waals surface area contributed by atoms with Crippen molar-refractivity contribution < 1.29 is 13.9 Å². The normalized spacial score (nSPS) is 10.4. The Hall–Kier alpha value is -2.07. The molecule has 2 rings (SSSR count). The molecule has 0 amide bonds. The molecule has 4 heteroatoms. The van der Waals surface area contributed by atoms with Crippen LogP contribution in [0.4, 0.5) is 4.39 Å². The van der Waals surface area contributed by atoms with E-state index in [1.54, 1.807) is 6.20 Å². The number of rotatable bonds is 6. The summed E-state index contributed by atoms with van der Waals surface area (Å²) in [6.07, 6.45) is 2.39. The van der Waals surface area contributed by atoms with Gasteiger partial charge in [-0.3, -0.25) is 9.78 Å². The molecule has 19 heavy (non-hydrogen) atoms. The van der Waals surface area contributed by atoms with E-state index in [4.69, 9.17) is 4.74 Å². The van der Waals surface area contributed by atoms with Crippen molar-refractivity contribution in [2.24, 2.45) is 0 Å². The summed E-state index contributed by atoms with van der Waals surface area (Å²) in [5.74, 6) is -0.506. The molecule has 0 bridgehead atoms. The number of aromatic nitrogens is 1. The number of Topliss-reactive ketones (excluding diaryl/α,β-unsaturated/α-hetero) is 1. The molecule has 0 aliphatic carbocycles. The highest BCUT2D eigenvalue weighted by Gasteiger charge is 2.05. The zero-order valence-electron chi connectivity index (χ0n) is 10.4. The van der Waals surface area contributed by atoms with Crippen LogP contribution in [0.15, 0.2) is 48.7 Å². The van der Waals surface area contributed by atoms with Gasteiger partial charge < -0.3 is 4.74 Å². The summed E-state index contributed by atoms with van der Waals surface area (Å²) in [6, 6.07) is 11.1. The van der Waals surface area contributed by atoms with Gasteiger partial charge in [-0.25, -0.2) is 4.39 Å². The molecule has 0 atom stereocenters. The van der Waals surface area contributed by atoms with Crippen molar-refractivity contribution in [3.05, 3.63) is 65.7 Å². The monoisotopic (exact) mass is 259 g/mol. The SMILES string of the molecule is O=C(COCCc1ccccn1)c1ccc(F)cc1. The van der Waals surface area contributed by atoms with Gasteiger partial charge in [-0.05, 0) is 36.4 Å².